The first-order valence-corrected chi connectivity index (χ1v) is 7.40. The minimum absolute atomic E-state index is 0.219. The molecular formula is C13H20ClN5O. The fourth-order valence-electron chi connectivity index (χ4n) is 2.84. The summed E-state index contributed by atoms with van der Waals surface area (Å²) in [6.45, 7) is 5.69. The van der Waals surface area contributed by atoms with Crippen molar-refractivity contribution in [3.63, 3.8) is 0 Å². The van der Waals surface area contributed by atoms with Gasteiger partial charge in [0.25, 0.3) is 0 Å². The number of nitrogens with one attached hydrogen (secondary N) is 1. The minimum atomic E-state index is 0.219. The lowest BCUT2D eigenvalue weighted by Crippen LogP contribution is -2.43. The van der Waals surface area contributed by atoms with Crippen LogP contribution in [0, 0.1) is 0 Å². The van der Waals surface area contributed by atoms with E-state index in [4.69, 9.17) is 22.1 Å². The second kappa shape index (κ2) is 5.26. The average Bonchev–Trinajstić information content (AvgIpc) is 2.71. The SMILES string of the molecule is CC(C)Nc1nc(Cl)nc(N2CC3CCC(C2)O3)c1N. The van der Waals surface area contributed by atoms with E-state index in [1.165, 1.54) is 0 Å². The van der Waals surface area contributed by atoms with Gasteiger partial charge in [0.15, 0.2) is 11.6 Å². The van der Waals surface area contributed by atoms with Crippen LogP contribution >= 0.6 is 11.6 Å². The number of anilines is 3. The van der Waals surface area contributed by atoms with Crippen LogP contribution in [-0.4, -0.2) is 41.3 Å². The number of morpholine rings is 1. The van der Waals surface area contributed by atoms with E-state index >= 15 is 0 Å². The lowest BCUT2D eigenvalue weighted by molar-refractivity contribution is 0.0303. The summed E-state index contributed by atoms with van der Waals surface area (Å²) in [7, 11) is 0. The molecule has 3 rings (SSSR count). The van der Waals surface area contributed by atoms with Crippen molar-refractivity contribution in [2.45, 2.75) is 44.9 Å². The van der Waals surface area contributed by atoms with E-state index in [2.05, 4.69) is 20.2 Å². The average molecular weight is 298 g/mol. The molecule has 110 valence electrons. The Morgan fingerprint density at radius 2 is 1.95 bits per heavy atom. The van der Waals surface area contributed by atoms with Gasteiger partial charge in [0.2, 0.25) is 5.28 Å². The Balaban J connectivity index is 1.90. The van der Waals surface area contributed by atoms with E-state index < -0.39 is 0 Å². The summed E-state index contributed by atoms with van der Waals surface area (Å²) < 4.78 is 5.84. The van der Waals surface area contributed by atoms with Crippen LogP contribution < -0.4 is 16.0 Å². The van der Waals surface area contributed by atoms with Gasteiger partial charge in [0, 0.05) is 19.1 Å². The highest BCUT2D eigenvalue weighted by atomic mass is 35.5. The number of nitrogens with zero attached hydrogens (tertiary/aromatic N) is 3. The molecule has 3 N–H and O–H groups in total. The number of nitrogens with two attached hydrogens (primary N) is 1. The molecule has 2 unspecified atom stereocenters. The molecule has 2 aliphatic rings. The molecule has 2 bridgehead atoms. The van der Waals surface area contributed by atoms with E-state index in [1.54, 1.807) is 0 Å². The van der Waals surface area contributed by atoms with Crippen LogP contribution in [0.4, 0.5) is 17.3 Å². The minimum Gasteiger partial charge on any atom is -0.393 e. The Morgan fingerprint density at radius 3 is 2.55 bits per heavy atom. The van der Waals surface area contributed by atoms with Crippen molar-refractivity contribution in [1.29, 1.82) is 0 Å². The molecule has 0 aliphatic carbocycles. The van der Waals surface area contributed by atoms with Crippen molar-refractivity contribution >= 4 is 28.9 Å². The van der Waals surface area contributed by atoms with Crippen molar-refractivity contribution in [3.05, 3.63) is 5.28 Å². The van der Waals surface area contributed by atoms with Crippen molar-refractivity contribution in [2.24, 2.45) is 0 Å². The summed E-state index contributed by atoms with van der Waals surface area (Å²) >= 11 is 6.04. The first-order valence-electron chi connectivity index (χ1n) is 7.03. The van der Waals surface area contributed by atoms with E-state index in [0.717, 1.165) is 25.9 Å². The zero-order chi connectivity index (χ0) is 14.3. The maximum Gasteiger partial charge on any atom is 0.226 e. The fourth-order valence-corrected chi connectivity index (χ4v) is 3.01. The largest absolute Gasteiger partial charge is 0.393 e. The quantitative estimate of drug-likeness (QED) is 0.830. The van der Waals surface area contributed by atoms with Gasteiger partial charge in [-0.3, -0.25) is 0 Å². The van der Waals surface area contributed by atoms with Crippen LogP contribution in [0.15, 0.2) is 0 Å². The molecule has 7 heteroatoms. The summed E-state index contributed by atoms with van der Waals surface area (Å²) in [5, 5.41) is 3.43. The van der Waals surface area contributed by atoms with Gasteiger partial charge in [-0.1, -0.05) is 0 Å². The normalized spacial score (nSPS) is 25.3. The molecule has 2 saturated heterocycles. The molecule has 0 amide bonds. The maximum atomic E-state index is 6.21. The van der Waals surface area contributed by atoms with Gasteiger partial charge in [0.05, 0.1) is 12.2 Å². The Hall–Kier alpha value is -1.27. The summed E-state index contributed by atoms with van der Waals surface area (Å²) in [6.07, 6.45) is 2.78. The fraction of sp³-hybridized carbons (Fsp3) is 0.692. The Bertz CT molecular complexity index is 498. The van der Waals surface area contributed by atoms with Crippen molar-refractivity contribution < 1.29 is 4.74 Å². The van der Waals surface area contributed by atoms with E-state index in [9.17, 15) is 0 Å². The number of fused-ring (bicyclic) bond motifs is 2. The van der Waals surface area contributed by atoms with Crippen molar-refractivity contribution in [1.82, 2.24) is 9.97 Å². The third kappa shape index (κ3) is 2.62. The van der Waals surface area contributed by atoms with Crippen molar-refractivity contribution in [2.75, 3.05) is 29.0 Å². The molecule has 0 radical (unpaired) electrons. The molecule has 0 aromatic carbocycles. The standard InChI is InChI=1S/C13H20ClN5O/c1-7(2)16-11-10(15)12(18-13(14)17-11)19-5-8-3-4-9(6-19)20-8/h7-9H,3-6,15H2,1-2H3,(H,16,17,18). The monoisotopic (exact) mass is 297 g/mol. The topological polar surface area (TPSA) is 76.3 Å². The zero-order valence-corrected chi connectivity index (χ0v) is 12.5. The number of aromatic nitrogens is 2. The van der Waals surface area contributed by atoms with Crippen LogP contribution in [-0.2, 0) is 4.74 Å². The third-order valence-corrected chi connectivity index (χ3v) is 3.84. The van der Waals surface area contributed by atoms with Gasteiger partial charge in [-0.2, -0.15) is 9.97 Å². The van der Waals surface area contributed by atoms with E-state index in [1.807, 2.05) is 13.8 Å². The summed E-state index contributed by atoms with van der Waals surface area (Å²) in [6, 6.07) is 0.233. The molecule has 2 atom stereocenters. The Kier molecular flexibility index (Phi) is 3.60. The van der Waals surface area contributed by atoms with Crippen LogP contribution in [0.3, 0.4) is 0 Å². The predicted octanol–water partition coefficient (Wildman–Crippen LogP) is 1.90. The molecule has 6 nitrogen and oxygen atoms in total. The highest BCUT2D eigenvalue weighted by Gasteiger charge is 2.35. The molecule has 20 heavy (non-hydrogen) atoms. The summed E-state index contributed by atoms with van der Waals surface area (Å²) in [5.74, 6) is 1.32. The lowest BCUT2D eigenvalue weighted by Gasteiger charge is -2.33. The van der Waals surface area contributed by atoms with Crippen LogP contribution in [0.1, 0.15) is 26.7 Å². The van der Waals surface area contributed by atoms with Gasteiger partial charge in [-0.05, 0) is 38.3 Å². The third-order valence-electron chi connectivity index (χ3n) is 3.67. The summed E-state index contributed by atoms with van der Waals surface area (Å²) in [5.41, 5.74) is 6.77. The Labute approximate surface area is 123 Å². The molecular weight excluding hydrogens is 278 g/mol. The molecule has 1 aromatic rings. The first kappa shape index (κ1) is 13.7. The molecule has 0 spiro atoms. The number of hydrogen-bond donors (Lipinski definition) is 2. The van der Waals surface area contributed by atoms with Crippen LogP contribution in [0.5, 0.6) is 0 Å². The van der Waals surface area contributed by atoms with Crippen LogP contribution in [0.2, 0.25) is 5.28 Å². The maximum absolute atomic E-state index is 6.21. The van der Waals surface area contributed by atoms with Crippen LogP contribution in [0.25, 0.3) is 0 Å². The second-order valence-corrected chi connectivity index (χ2v) is 6.08. The first-order chi connectivity index (χ1) is 9.52. The number of halogens is 1. The summed E-state index contributed by atoms with van der Waals surface area (Å²) in [4.78, 5) is 10.7. The Morgan fingerprint density at radius 1 is 1.30 bits per heavy atom. The molecule has 3 heterocycles. The number of ether oxygens (including phenoxy) is 1. The predicted molar refractivity (Wildman–Crippen MR) is 80.3 cm³/mol. The van der Waals surface area contributed by atoms with E-state index in [0.29, 0.717) is 17.3 Å². The molecule has 1 aromatic heterocycles. The van der Waals surface area contributed by atoms with Crippen molar-refractivity contribution in [3.8, 4) is 0 Å². The van der Waals surface area contributed by atoms with E-state index in [-0.39, 0.29) is 23.5 Å². The van der Waals surface area contributed by atoms with Gasteiger partial charge >= 0.3 is 0 Å². The van der Waals surface area contributed by atoms with Gasteiger partial charge in [-0.15, -0.1) is 0 Å². The number of hydrogen-bond acceptors (Lipinski definition) is 6. The molecule has 2 fully saturated rings. The molecule has 0 saturated carbocycles. The second-order valence-electron chi connectivity index (χ2n) is 5.74. The zero-order valence-electron chi connectivity index (χ0n) is 11.8. The lowest BCUT2D eigenvalue weighted by atomic mass is 10.2. The molecule has 2 aliphatic heterocycles. The highest BCUT2D eigenvalue weighted by molar-refractivity contribution is 6.28. The number of rotatable bonds is 3. The smallest absolute Gasteiger partial charge is 0.226 e. The van der Waals surface area contributed by atoms with Gasteiger partial charge in [0.1, 0.15) is 5.69 Å². The van der Waals surface area contributed by atoms with Gasteiger partial charge < -0.3 is 20.7 Å². The number of nitrogen functional groups attached to an aromatic ring is 1. The van der Waals surface area contributed by atoms with Gasteiger partial charge in [-0.25, -0.2) is 0 Å². The highest BCUT2D eigenvalue weighted by Crippen LogP contribution is 2.34.